The first-order valence-electron chi connectivity index (χ1n) is 6.32. The van der Waals surface area contributed by atoms with Crippen molar-refractivity contribution in [1.82, 2.24) is 5.32 Å². The minimum absolute atomic E-state index is 0.0609. The molecule has 0 radical (unpaired) electrons. The molecule has 1 rings (SSSR count). The first kappa shape index (κ1) is 15.9. The Bertz CT molecular complexity index is 510. The van der Waals surface area contributed by atoms with E-state index in [4.69, 9.17) is 5.11 Å². The van der Waals surface area contributed by atoms with Gasteiger partial charge in [0.15, 0.2) is 0 Å². The summed E-state index contributed by atoms with van der Waals surface area (Å²) in [6.45, 7) is 3.40. The first-order chi connectivity index (χ1) is 9.37. The van der Waals surface area contributed by atoms with E-state index in [-0.39, 0.29) is 18.3 Å². The third-order valence-corrected chi connectivity index (χ3v) is 3.25. The SMILES string of the molecule is CCC(C)(CNC(=O)/C=C/c1ccc(F)cc1)C(=O)O. The molecule has 0 aliphatic rings. The Morgan fingerprint density at radius 1 is 1.35 bits per heavy atom. The number of amides is 1. The Kier molecular flexibility index (Phi) is 5.43. The second-order valence-electron chi connectivity index (χ2n) is 4.82. The van der Waals surface area contributed by atoms with E-state index in [1.54, 1.807) is 32.1 Å². The van der Waals surface area contributed by atoms with Gasteiger partial charge < -0.3 is 10.4 Å². The Morgan fingerprint density at radius 3 is 2.45 bits per heavy atom. The summed E-state index contributed by atoms with van der Waals surface area (Å²) >= 11 is 0. The Balaban J connectivity index is 2.56. The van der Waals surface area contributed by atoms with Crippen LogP contribution >= 0.6 is 0 Å². The maximum absolute atomic E-state index is 12.7. The normalized spacial score (nSPS) is 13.9. The molecule has 0 heterocycles. The molecule has 0 aliphatic carbocycles. The van der Waals surface area contributed by atoms with E-state index >= 15 is 0 Å². The van der Waals surface area contributed by atoms with Crippen LogP contribution in [0.4, 0.5) is 4.39 Å². The van der Waals surface area contributed by atoms with Gasteiger partial charge >= 0.3 is 5.97 Å². The Morgan fingerprint density at radius 2 is 1.95 bits per heavy atom. The molecule has 0 spiro atoms. The number of nitrogens with one attached hydrogen (secondary N) is 1. The van der Waals surface area contributed by atoms with Gasteiger partial charge in [0.05, 0.1) is 5.41 Å². The number of carbonyl (C=O) groups excluding carboxylic acids is 1. The van der Waals surface area contributed by atoms with Crippen LogP contribution in [-0.4, -0.2) is 23.5 Å². The summed E-state index contributed by atoms with van der Waals surface area (Å²) in [5, 5.41) is 11.6. The lowest BCUT2D eigenvalue weighted by Gasteiger charge is -2.22. The van der Waals surface area contributed by atoms with Crippen LogP contribution in [0.2, 0.25) is 0 Å². The molecule has 0 bridgehead atoms. The molecule has 5 heteroatoms. The second-order valence-corrected chi connectivity index (χ2v) is 4.82. The van der Waals surface area contributed by atoms with Gasteiger partial charge in [-0.1, -0.05) is 19.1 Å². The fourth-order valence-corrected chi connectivity index (χ4v) is 1.44. The van der Waals surface area contributed by atoms with Crippen molar-refractivity contribution >= 4 is 18.0 Å². The summed E-state index contributed by atoms with van der Waals surface area (Å²) in [7, 11) is 0. The molecule has 0 aliphatic heterocycles. The standard InChI is InChI=1S/C15H18FNO3/c1-3-15(2,14(19)20)10-17-13(18)9-6-11-4-7-12(16)8-5-11/h4-9H,3,10H2,1-2H3,(H,17,18)(H,19,20)/b9-6+. The van der Waals surface area contributed by atoms with Crippen LogP contribution in [0.25, 0.3) is 6.08 Å². The molecule has 0 fully saturated rings. The van der Waals surface area contributed by atoms with E-state index in [0.717, 1.165) is 0 Å². The van der Waals surface area contributed by atoms with Crippen LogP contribution in [0.15, 0.2) is 30.3 Å². The predicted molar refractivity (Wildman–Crippen MR) is 74.5 cm³/mol. The minimum atomic E-state index is -0.973. The second kappa shape index (κ2) is 6.84. The molecule has 4 nitrogen and oxygen atoms in total. The number of hydrogen-bond donors (Lipinski definition) is 2. The summed E-state index contributed by atoms with van der Waals surface area (Å²) in [6, 6.07) is 5.70. The van der Waals surface area contributed by atoms with E-state index in [9.17, 15) is 14.0 Å². The maximum atomic E-state index is 12.7. The van der Waals surface area contributed by atoms with Crippen molar-refractivity contribution in [3.63, 3.8) is 0 Å². The largest absolute Gasteiger partial charge is 0.481 e. The van der Waals surface area contributed by atoms with Crippen molar-refractivity contribution in [2.24, 2.45) is 5.41 Å². The van der Waals surface area contributed by atoms with Gasteiger partial charge in [-0.3, -0.25) is 9.59 Å². The first-order valence-corrected chi connectivity index (χ1v) is 6.32. The topological polar surface area (TPSA) is 66.4 Å². The van der Waals surface area contributed by atoms with Gasteiger partial charge in [-0.2, -0.15) is 0 Å². The molecule has 1 unspecified atom stereocenters. The van der Waals surface area contributed by atoms with Gasteiger partial charge in [0.1, 0.15) is 5.82 Å². The van der Waals surface area contributed by atoms with Gasteiger partial charge in [0.2, 0.25) is 5.91 Å². The van der Waals surface area contributed by atoms with E-state index in [0.29, 0.717) is 12.0 Å². The van der Waals surface area contributed by atoms with Crippen molar-refractivity contribution in [1.29, 1.82) is 0 Å². The van der Waals surface area contributed by atoms with Crippen molar-refractivity contribution in [2.75, 3.05) is 6.54 Å². The molecule has 2 N–H and O–H groups in total. The quantitative estimate of drug-likeness (QED) is 0.786. The third-order valence-electron chi connectivity index (χ3n) is 3.25. The van der Waals surface area contributed by atoms with Crippen LogP contribution in [0.5, 0.6) is 0 Å². The van der Waals surface area contributed by atoms with Crippen LogP contribution in [0.1, 0.15) is 25.8 Å². The molecule has 1 atom stereocenters. The third kappa shape index (κ3) is 4.50. The number of aliphatic carboxylic acids is 1. The molecule has 1 aromatic carbocycles. The van der Waals surface area contributed by atoms with Gasteiger partial charge in [0.25, 0.3) is 0 Å². The van der Waals surface area contributed by atoms with Crippen molar-refractivity contribution < 1.29 is 19.1 Å². The van der Waals surface area contributed by atoms with Gasteiger partial charge in [-0.15, -0.1) is 0 Å². The van der Waals surface area contributed by atoms with Crippen LogP contribution in [-0.2, 0) is 9.59 Å². The molecular formula is C15H18FNO3. The van der Waals surface area contributed by atoms with Crippen molar-refractivity contribution in [3.8, 4) is 0 Å². The molecule has 1 amide bonds. The summed E-state index contributed by atoms with van der Waals surface area (Å²) in [4.78, 5) is 22.7. The predicted octanol–water partition coefficient (Wildman–Crippen LogP) is 2.46. The summed E-state index contributed by atoms with van der Waals surface area (Å²) in [5.41, 5.74) is -0.280. The number of carboxylic acids is 1. The van der Waals surface area contributed by atoms with E-state index < -0.39 is 11.4 Å². The molecule has 1 aromatic rings. The maximum Gasteiger partial charge on any atom is 0.311 e. The van der Waals surface area contributed by atoms with Crippen LogP contribution in [0, 0.1) is 11.2 Å². The van der Waals surface area contributed by atoms with Gasteiger partial charge in [0, 0.05) is 12.6 Å². The van der Waals surface area contributed by atoms with E-state index in [1.807, 2.05) is 0 Å². The minimum Gasteiger partial charge on any atom is -0.481 e. The summed E-state index contributed by atoms with van der Waals surface area (Å²) in [6.07, 6.45) is 3.26. The lowest BCUT2D eigenvalue weighted by atomic mass is 9.88. The smallest absolute Gasteiger partial charge is 0.311 e. The van der Waals surface area contributed by atoms with Crippen molar-refractivity contribution in [2.45, 2.75) is 20.3 Å². The lowest BCUT2D eigenvalue weighted by molar-refractivity contribution is -0.148. The molecule has 108 valence electrons. The highest BCUT2D eigenvalue weighted by atomic mass is 19.1. The number of hydrogen-bond acceptors (Lipinski definition) is 2. The van der Waals surface area contributed by atoms with Gasteiger partial charge in [-0.25, -0.2) is 4.39 Å². The van der Waals surface area contributed by atoms with Crippen LogP contribution in [0.3, 0.4) is 0 Å². The summed E-state index contributed by atoms with van der Waals surface area (Å²) < 4.78 is 12.7. The number of benzene rings is 1. The molecule has 20 heavy (non-hydrogen) atoms. The molecular weight excluding hydrogens is 261 g/mol. The van der Waals surface area contributed by atoms with Crippen molar-refractivity contribution in [3.05, 3.63) is 41.7 Å². The highest BCUT2D eigenvalue weighted by Gasteiger charge is 2.31. The zero-order chi connectivity index (χ0) is 15.2. The molecule has 0 saturated carbocycles. The fourth-order valence-electron chi connectivity index (χ4n) is 1.44. The number of carboxylic acid groups (broad SMARTS) is 1. The lowest BCUT2D eigenvalue weighted by Crippen LogP contribution is -2.40. The number of halogens is 1. The van der Waals surface area contributed by atoms with Gasteiger partial charge in [-0.05, 0) is 37.1 Å². The monoisotopic (exact) mass is 279 g/mol. The van der Waals surface area contributed by atoms with E-state index in [1.165, 1.54) is 18.2 Å². The fraction of sp³-hybridized carbons (Fsp3) is 0.333. The van der Waals surface area contributed by atoms with E-state index in [2.05, 4.69) is 5.32 Å². The Labute approximate surface area is 117 Å². The molecule has 0 aromatic heterocycles. The zero-order valence-corrected chi connectivity index (χ0v) is 11.5. The average molecular weight is 279 g/mol. The Hall–Kier alpha value is -2.17. The zero-order valence-electron chi connectivity index (χ0n) is 11.5. The average Bonchev–Trinajstić information content (AvgIpc) is 2.43. The highest BCUT2D eigenvalue weighted by molar-refractivity contribution is 5.92. The summed E-state index contributed by atoms with van der Waals surface area (Å²) in [5.74, 6) is -1.66. The molecule has 0 saturated heterocycles. The highest BCUT2D eigenvalue weighted by Crippen LogP contribution is 2.19. The van der Waals surface area contributed by atoms with Crippen LogP contribution < -0.4 is 5.32 Å². The number of rotatable bonds is 6. The number of carbonyl (C=O) groups is 2.